The molecule has 3 atom stereocenters. The van der Waals surface area contributed by atoms with E-state index >= 15 is 0 Å². The molecule has 0 aromatic rings. The summed E-state index contributed by atoms with van der Waals surface area (Å²) in [6.07, 6.45) is -0.918. The number of amides is 2. The number of cyclic esters (lactones) is 1. The summed E-state index contributed by atoms with van der Waals surface area (Å²) in [5.41, 5.74) is -1.46. The van der Waals surface area contributed by atoms with Crippen molar-refractivity contribution >= 4 is 23.8 Å². The third-order valence-corrected chi connectivity index (χ3v) is 4.04. The smallest absolute Gasteiger partial charge is 0.328 e. The quantitative estimate of drug-likeness (QED) is 0.572. The minimum Gasteiger partial charge on any atom is -0.480 e. The van der Waals surface area contributed by atoms with Gasteiger partial charge in [-0.3, -0.25) is 14.4 Å². The lowest BCUT2D eigenvalue weighted by atomic mass is 9.85. The van der Waals surface area contributed by atoms with Crippen molar-refractivity contribution in [2.45, 2.75) is 59.2 Å². The molecule has 1 saturated heterocycles. The predicted octanol–water partition coefficient (Wildman–Crippen LogP) is 0.304. The molecule has 3 N–H and O–H groups in total. The van der Waals surface area contributed by atoms with Crippen LogP contribution in [0.2, 0.25) is 0 Å². The van der Waals surface area contributed by atoms with Gasteiger partial charge in [0, 0.05) is 0 Å². The van der Waals surface area contributed by atoms with Crippen LogP contribution in [-0.2, 0) is 23.9 Å². The SMILES string of the molecule is CC(C)[C@H](NC(=O)[C@@H]1OC(=O)[C@H]1C(C)C)C(=O)NC(C)(C)C(=O)O. The molecule has 1 aliphatic heterocycles. The van der Waals surface area contributed by atoms with Gasteiger partial charge in [0.25, 0.3) is 5.91 Å². The van der Waals surface area contributed by atoms with Gasteiger partial charge in [0.15, 0.2) is 6.10 Å². The normalized spacial score (nSPS) is 21.8. The zero-order chi connectivity index (χ0) is 18.8. The van der Waals surface area contributed by atoms with Gasteiger partial charge in [-0.1, -0.05) is 27.7 Å². The van der Waals surface area contributed by atoms with E-state index in [1.54, 1.807) is 13.8 Å². The van der Waals surface area contributed by atoms with Crippen LogP contribution in [0.3, 0.4) is 0 Å². The van der Waals surface area contributed by atoms with Crippen molar-refractivity contribution in [2.24, 2.45) is 17.8 Å². The second-order valence-corrected chi connectivity index (χ2v) is 7.28. The van der Waals surface area contributed by atoms with Crippen LogP contribution in [0.15, 0.2) is 0 Å². The van der Waals surface area contributed by atoms with Crippen LogP contribution in [0.5, 0.6) is 0 Å². The Balaban J connectivity index is 2.80. The first-order chi connectivity index (χ1) is 10.9. The largest absolute Gasteiger partial charge is 0.480 e. The molecule has 1 heterocycles. The Bertz CT molecular complexity index is 541. The van der Waals surface area contributed by atoms with Gasteiger partial charge in [-0.05, 0) is 25.7 Å². The highest BCUT2D eigenvalue weighted by Crippen LogP contribution is 2.29. The number of esters is 1. The summed E-state index contributed by atoms with van der Waals surface area (Å²) in [6, 6.07) is -0.928. The molecule has 8 heteroatoms. The molecule has 0 saturated carbocycles. The molecule has 24 heavy (non-hydrogen) atoms. The number of hydrogen-bond acceptors (Lipinski definition) is 5. The Hall–Kier alpha value is -2.12. The average Bonchev–Trinajstić information content (AvgIpc) is 2.39. The van der Waals surface area contributed by atoms with Gasteiger partial charge < -0.3 is 20.5 Å². The summed E-state index contributed by atoms with van der Waals surface area (Å²) in [5, 5.41) is 14.1. The van der Waals surface area contributed by atoms with Crippen LogP contribution in [0.4, 0.5) is 0 Å². The first kappa shape index (κ1) is 19.9. The van der Waals surface area contributed by atoms with Crippen molar-refractivity contribution in [2.75, 3.05) is 0 Å². The van der Waals surface area contributed by atoms with E-state index in [0.29, 0.717) is 0 Å². The topological polar surface area (TPSA) is 122 Å². The van der Waals surface area contributed by atoms with E-state index < -0.39 is 47.4 Å². The van der Waals surface area contributed by atoms with Crippen LogP contribution in [0.1, 0.15) is 41.5 Å². The lowest BCUT2D eigenvalue weighted by Crippen LogP contribution is -2.62. The predicted molar refractivity (Wildman–Crippen MR) is 84.8 cm³/mol. The van der Waals surface area contributed by atoms with Gasteiger partial charge in [-0.25, -0.2) is 4.79 Å². The number of ether oxygens (including phenoxy) is 1. The van der Waals surface area contributed by atoms with Crippen molar-refractivity contribution in [3.8, 4) is 0 Å². The van der Waals surface area contributed by atoms with E-state index in [0.717, 1.165) is 0 Å². The van der Waals surface area contributed by atoms with Gasteiger partial charge in [0.1, 0.15) is 17.5 Å². The molecule has 0 unspecified atom stereocenters. The molecule has 1 rings (SSSR count). The standard InChI is InChI=1S/C16H26N2O6/c1-7(2)9-11(24-14(9)21)13(20)17-10(8(3)4)12(19)18-16(5,6)15(22)23/h7-11H,1-6H3,(H,17,20)(H,18,19)(H,22,23)/t9-,10-,11+/m0/s1. The molecule has 0 aliphatic carbocycles. The average molecular weight is 342 g/mol. The number of carboxylic acids is 1. The van der Waals surface area contributed by atoms with Crippen LogP contribution in [-0.4, -0.2) is 46.5 Å². The Morgan fingerprint density at radius 3 is 2.08 bits per heavy atom. The zero-order valence-electron chi connectivity index (χ0n) is 14.9. The lowest BCUT2D eigenvalue weighted by molar-refractivity contribution is -0.193. The maximum Gasteiger partial charge on any atom is 0.328 e. The highest BCUT2D eigenvalue weighted by atomic mass is 16.6. The molecule has 2 amide bonds. The molecule has 0 aromatic heterocycles. The summed E-state index contributed by atoms with van der Waals surface area (Å²) >= 11 is 0. The maximum absolute atomic E-state index is 12.4. The Kier molecular flexibility index (Phi) is 5.97. The van der Waals surface area contributed by atoms with E-state index in [1.807, 2.05) is 13.8 Å². The zero-order valence-corrected chi connectivity index (χ0v) is 14.9. The second-order valence-electron chi connectivity index (χ2n) is 7.28. The highest BCUT2D eigenvalue weighted by molar-refractivity contribution is 5.97. The van der Waals surface area contributed by atoms with Crippen molar-refractivity contribution in [3.63, 3.8) is 0 Å². The minimum absolute atomic E-state index is 0.0562. The number of carbonyl (C=O) groups is 4. The Morgan fingerprint density at radius 1 is 1.17 bits per heavy atom. The van der Waals surface area contributed by atoms with E-state index in [9.17, 15) is 19.2 Å². The first-order valence-electron chi connectivity index (χ1n) is 7.94. The number of carboxylic acid groups (broad SMARTS) is 1. The first-order valence-corrected chi connectivity index (χ1v) is 7.94. The summed E-state index contributed by atoms with van der Waals surface area (Å²) in [6.45, 7) is 9.79. The third-order valence-electron chi connectivity index (χ3n) is 4.04. The van der Waals surface area contributed by atoms with Gasteiger partial charge in [-0.15, -0.1) is 0 Å². The molecule has 136 valence electrons. The number of hydrogen-bond donors (Lipinski definition) is 3. The molecule has 0 spiro atoms. The van der Waals surface area contributed by atoms with E-state index in [1.165, 1.54) is 13.8 Å². The lowest BCUT2D eigenvalue weighted by Gasteiger charge is -2.37. The molecule has 0 radical (unpaired) electrons. The summed E-state index contributed by atoms with van der Waals surface area (Å²) in [5.74, 6) is -3.62. The molecule has 0 bridgehead atoms. The number of nitrogens with one attached hydrogen (secondary N) is 2. The van der Waals surface area contributed by atoms with Crippen molar-refractivity contribution in [1.82, 2.24) is 10.6 Å². The number of aliphatic carboxylic acids is 1. The third kappa shape index (κ3) is 4.24. The van der Waals surface area contributed by atoms with Gasteiger partial charge >= 0.3 is 11.9 Å². The Morgan fingerprint density at radius 2 is 1.71 bits per heavy atom. The van der Waals surface area contributed by atoms with Crippen molar-refractivity contribution < 1.29 is 29.0 Å². The Labute approximate surface area is 141 Å². The molecule has 1 aliphatic rings. The fraction of sp³-hybridized carbons (Fsp3) is 0.750. The van der Waals surface area contributed by atoms with E-state index in [2.05, 4.69) is 10.6 Å². The fourth-order valence-electron chi connectivity index (χ4n) is 2.38. The monoisotopic (exact) mass is 342 g/mol. The molecular weight excluding hydrogens is 316 g/mol. The van der Waals surface area contributed by atoms with Crippen LogP contribution in [0.25, 0.3) is 0 Å². The van der Waals surface area contributed by atoms with Crippen molar-refractivity contribution in [3.05, 3.63) is 0 Å². The molecule has 1 fully saturated rings. The van der Waals surface area contributed by atoms with Crippen molar-refractivity contribution in [1.29, 1.82) is 0 Å². The van der Waals surface area contributed by atoms with Crippen LogP contribution >= 0.6 is 0 Å². The van der Waals surface area contributed by atoms with Crippen LogP contribution < -0.4 is 10.6 Å². The van der Waals surface area contributed by atoms with Gasteiger partial charge in [-0.2, -0.15) is 0 Å². The minimum atomic E-state index is -1.46. The van der Waals surface area contributed by atoms with E-state index in [4.69, 9.17) is 9.84 Å². The summed E-state index contributed by atoms with van der Waals surface area (Å²) in [7, 11) is 0. The maximum atomic E-state index is 12.4. The molecule has 8 nitrogen and oxygen atoms in total. The highest BCUT2D eigenvalue weighted by Gasteiger charge is 2.49. The molecule has 0 aromatic carbocycles. The summed E-state index contributed by atoms with van der Waals surface area (Å²) in [4.78, 5) is 47.3. The van der Waals surface area contributed by atoms with Gasteiger partial charge in [0.05, 0.1) is 0 Å². The summed E-state index contributed by atoms with van der Waals surface area (Å²) < 4.78 is 4.90. The second kappa shape index (κ2) is 7.19. The fourth-order valence-corrected chi connectivity index (χ4v) is 2.38. The van der Waals surface area contributed by atoms with Gasteiger partial charge in [0.2, 0.25) is 5.91 Å². The van der Waals surface area contributed by atoms with Crippen LogP contribution in [0, 0.1) is 17.8 Å². The number of carbonyl (C=O) groups excluding carboxylic acids is 3. The number of rotatable bonds is 7. The van der Waals surface area contributed by atoms with E-state index in [-0.39, 0.29) is 11.8 Å². The molecular formula is C16H26N2O6.